The molecule has 2 aromatic heterocycles. The lowest BCUT2D eigenvalue weighted by atomic mass is 9.91. The molecule has 36 heavy (non-hydrogen) atoms. The van der Waals surface area contributed by atoms with E-state index in [2.05, 4.69) is 4.98 Å². The van der Waals surface area contributed by atoms with Gasteiger partial charge in [0.25, 0.3) is 0 Å². The van der Waals surface area contributed by atoms with Crippen molar-refractivity contribution in [2.45, 2.75) is 31.9 Å². The second-order valence-electron chi connectivity index (χ2n) is 8.85. The Morgan fingerprint density at radius 2 is 2.00 bits per heavy atom. The molecule has 186 valence electrons. The molecule has 0 fully saturated rings. The average Bonchev–Trinajstić information content (AvgIpc) is 3.24. The zero-order valence-corrected chi connectivity index (χ0v) is 19.5. The van der Waals surface area contributed by atoms with Gasteiger partial charge in [-0.3, -0.25) is 9.59 Å². The Morgan fingerprint density at radius 3 is 2.78 bits per heavy atom. The molecule has 2 aromatic carbocycles. The summed E-state index contributed by atoms with van der Waals surface area (Å²) < 4.78 is 38.6. The van der Waals surface area contributed by atoms with Crippen LogP contribution in [-0.2, 0) is 29.1 Å². The number of hydrogen-bond donors (Lipinski definition) is 2. The highest BCUT2D eigenvalue weighted by atomic mass is 19.2. The lowest BCUT2D eigenvalue weighted by Gasteiger charge is -2.29. The molecule has 0 radical (unpaired) electrons. The fraction of sp³-hybridized carbons (Fsp3) is 0.259. The number of carbonyl (C=O) groups is 1. The number of para-hydroxylation sites is 1. The highest BCUT2D eigenvalue weighted by molar-refractivity contribution is 5.86. The number of hydrogen-bond acceptors (Lipinski definition) is 5. The molecule has 9 heteroatoms. The summed E-state index contributed by atoms with van der Waals surface area (Å²) in [5.41, 5.74) is 2.58. The van der Waals surface area contributed by atoms with Crippen molar-refractivity contribution < 1.29 is 27.8 Å². The van der Waals surface area contributed by atoms with Crippen LogP contribution in [-0.4, -0.2) is 34.6 Å². The number of nitrogens with zero attached hydrogens (tertiary/aromatic N) is 1. The Labute approximate surface area is 204 Å². The number of rotatable bonds is 6. The third-order valence-corrected chi connectivity index (χ3v) is 6.56. The van der Waals surface area contributed by atoms with Gasteiger partial charge >= 0.3 is 0 Å². The normalized spacial score (nSPS) is 14.1. The fourth-order valence-electron chi connectivity index (χ4n) is 4.81. The lowest BCUT2D eigenvalue weighted by molar-refractivity contribution is -0.132. The molecule has 2 N–H and O–H groups in total. The predicted octanol–water partition coefficient (Wildman–Crippen LogP) is 4.36. The molecule has 1 aliphatic heterocycles. The van der Waals surface area contributed by atoms with Crippen LogP contribution in [0.1, 0.15) is 40.7 Å². The number of halogens is 2. The molecule has 1 aliphatic rings. The number of aromatic amines is 1. The van der Waals surface area contributed by atoms with Crippen molar-refractivity contribution in [2.75, 3.05) is 13.7 Å². The van der Waals surface area contributed by atoms with Crippen molar-refractivity contribution in [3.63, 3.8) is 0 Å². The van der Waals surface area contributed by atoms with Crippen LogP contribution in [0.3, 0.4) is 0 Å². The van der Waals surface area contributed by atoms with Gasteiger partial charge in [-0.15, -0.1) is 0 Å². The fourth-order valence-corrected chi connectivity index (χ4v) is 4.81. The lowest BCUT2D eigenvalue weighted by Crippen LogP contribution is -2.36. The summed E-state index contributed by atoms with van der Waals surface area (Å²) >= 11 is 0. The molecule has 0 saturated carbocycles. The second-order valence-corrected chi connectivity index (χ2v) is 8.85. The maximum atomic E-state index is 14.1. The number of fused-ring (bicyclic) bond motifs is 3. The minimum atomic E-state index is -1.11. The van der Waals surface area contributed by atoms with Crippen LogP contribution in [0.4, 0.5) is 8.78 Å². The van der Waals surface area contributed by atoms with E-state index in [1.54, 1.807) is 4.90 Å². The maximum Gasteiger partial charge on any atom is 0.227 e. The molecule has 0 aliphatic carbocycles. The van der Waals surface area contributed by atoms with Gasteiger partial charge in [0.05, 0.1) is 12.5 Å². The van der Waals surface area contributed by atoms with Gasteiger partial charge in [-0.1, -0.05) is 24.3 Å². The highest BCUT2D eigenvalue weighted by Crippen LogP contribution is 2.35. The zero-order chi connectivity index (χ0) is 25.4. The van der Waals surface area contributed by atoms with Crippen molar-refractivity contribution >= 4 is 16.8 Å². The molecule has 5 rings (SSSR count). The van der Waals surface area contributed by atoms with Gasteiger partial charge in [-0.25, -0.2) is 8.78 Å². The summed E-state index contributed by atoms with van der Waals surface area (Å²) in [7, 11) is 1.41. The van der Waals surface area contributed by atoms with Crippen molar-refractivity contribution in [1.82, 2.24) is 9.88 Å². The van der Waals surface area contributed by atoms with Crippen molar-refractivity contribution in [2.24, 2.45) is 0 Å². The third kappa shape index (κ3) is 4.37. The van der Waals surface area contributed by atoms with Gasteiger partial charge in [0.2, 0.25) is 17.1 Å². The van der Waals surface area contributed by atoms with E-state index < -0.39 is 28.7 Å². The van der Waals surface area contributed by atoms with E-state index in [0.29, 0.717) is 19.5 Å². The molecule has 7 nitrogen and oxygen atoms in total. The van der Waals surface area contributed by atoms with Gasteiger partial charge in [0.1, 0.15) is 12.4 Å². The summed E-state index contributed by atoms with van der Waals surface area (Å²) in [4.78, 5) is 30.9. The quantitative estimate of drug-likeness (QED) is 0.415. The van der Waals surface area contributed by atoms with E-state index in [0.717, 1.165) is 34.8 Å². The first-order valence-corrected chi connectivity index (χ1v) is 11.5. The van der Waals surface area contributed by atoms with E-state index in [9.17, 15) is 23.5 Å². The molecular weight excluding hydrogens is 470 g/mol. The van der Waals surface area contributed by atoms with Gasteiger partial charge in [-0.05, 0) is 35.7 Å². The molecule has 0 bridgehead atoms. The van der Waals surface area contributed by atoms with Gasteiger partial charge in [0, 0.05) is 42.7 Å². The second kappa shape index (κ2) is 9.58. The Morgan fingerprint density at radius 1 is 1.19 bits per heavy atom. The van der Waals surface area contributed by atoms with Crippen LogP contribution >= 0.6 is 0 Å². The Kier molecular flexibility index (Phi) is 6.32. The first kappa shape index (κ1) is 23.7. The molecule has 1 atom stereocenters. The monoisotopic (exact) mass is 494 g/mol. The van der Waals surface area contributed by atoms with Crippen molar-refractivity contribution in [3.05, 3.63) is 98.7 Å². The summed E-state index contributed by atoms with van der Waals surface area (Å²) in [6.45, 7) is 0.779. The van der Waals surface area contributed by atoms with E-state index >= 15 is 0 Å². The molecule has 0 saturated heterocycles. The number of nitrogens with one attached hydrogen (secondary N) is 1. The van der Waals surface area contributed by atoms with Crippen molar-refractivity contribution in [1.29, 1.82) is 0 Å². The standard InChI is InChI=1S/C27H24F2N2O5/c1-35-14-16-11-24(32)26(34)27(36-16)19(15-6-7-20(28)21(29)10-15)12-25(33)31-9-8-18-17-4-2-3-5-22(17)30-23(18)13-31/h2-7,10-11,19,30,34H,8-9,12-14H2,1H3. The topological polar surface area (TPSA) is 95.8 Å². The largest absolute Gasteiger partial charge is 0.502 e. The highest BCUT2D eigenvalue weighted by Gasteiger charge is 2.31. The van der Waals surface area contributed by atoms with E-state index in [4.69, 9.17) is 9.15 Å². The molecule has 0 spiro atoms. The Bertz CT molecular complexity index is 1510. The van der Waals surface area contributed by atoms with Gasteiger partial charge in [-0.2, -0.15) is 0 Å². The maximum absolute atomic E-state index is 14.1. The van der Waals surface area contributed by atoms with E-state index in [1.807, 2.05) is 24.3 Å². The molecule has 4 aromatic rings. The number of H-pyrrole nitrogens is 1. The minimum Gasteiger partial charge on any atom is -0.502 e. The first-order valence-electron chi connectivity index (χ1n) is 11.5. The van der Waals surface area contributed by atoms with Crippen LogP contribution in [0, 0.1) is 11.6 Å². The summed E-state index contributed by atoms with van der Waals surface area (Å²) in [6, 6.07) is 12.2. The smallest absolute Gasteiger partial charge is 0.227 e. The Hall–Kier alpha value is -3.98. The molecule has 1 amide bonds. The summed E-state index contributed by atoms with van der Waals surface area (Å²) in [5, 5.41) is 11.7. The SMILES string of the molecule is COCc1cc(=O)c(O)c(C(CC(=O)N2CCc3c([nH]c4ccccc34)C2)c2ccc(F)c(F)c2)o1. The van der Waals surface area contributed by atoms with Crippen LogP contribution in [0.15, 0.2) is 57.7 Å². The molecular formula is C27H24F2N2O5. The summed E-state index contributed by atoms with van der Waals surface area (Å²) in [5.74, 6) is -4.22. The molecule has 3 heterocycles. The average molecular weight is 494 g/mol. The Balaban J connectivity index is 1.49. The zero-order valence-electron chi connectivity index (χ0n) is 19.5. The van der Waals surface area contributed by atoms with Crippen LogP contribution in [0.25, 0.3) is 10.9 Å². The van der Waals surface area contributed by atoms with Gasteiger partial charge in [0.15, 0.2) is 17.4 Å². The third-order valence-electron chi connectivity index (χ3n) is 6.56. The number of amides is 1. The summed E-state index contributed by atoms with van der Waals surface area (Å²) in [6.07, 6.45) is 0.429. The van der Waals surface area contributed by atoms with E-state index in [-0.39, 0.29) is 36.0 Å². The number of aromatic nitrogens is 1. The van der Waals surface area contributed by atoms with Crippen LogP contribution in [0.2, 0.25) is 0 Å². The minimum absolute atomic E-state index is 0.0454. The van der Waals surface area contributed by atoms with E-state index in [1.165, 1.54) is 18.7 Å². The molecule has 1 unspecified atom stereocenters. The number of methoxy groups -OCH3 is 1. The van der Waals surface area contributed by atoms with Crippen LogP contribution in [0.5, 0.6) is 5.75 Å². The van der Waals surface area contributed by atoms with Crippen LogP contribution < -0.4 is 5.43 Å². The van der Waals surface area contributed by atoms with Crippen molar-refractivity contribution in [3.8, 4) is 5.75 Å². The number of aromatic hydroxyl groups is 1. The first-order chi connectivity index (χ1) is 17.4. The number of ether oxygens (including phenoxy) is 1. The number of benzene rings is 2. The predicted molar refractivity (Wildman–Crippen MR) is 128 cm³/mol. The number of carbonyl (C=O) groups excluding carboxylic acids is 1. The van der Waals surface area contributed by atoms with Gasteiger partial charge < -0.3 is 24.1 Å².